The first-order valence-electron chi connectivity index (χ1n) is 4.34. The van der Waals surface area contributed by atoms with Gasteiger partial charge in [-0.25, -0.2) is 0 Å². The van der Waals surface area contributed by atoms with E-state index in [0.29, 0.717) is 0 Å². The molecule has 0 aromatic heterocycles. The lowest BCUT2D eigenvalue weighted by atomic mass is 9.92. The molecular weight excluding hydrogens is 150 g/mol. The summed E-state index contributed by atoms with van der Waals surface area (Å²) < 4.78 is 0. The van der Waals surface area contributed by atoms with Gasteiger partial charge in [0.25, 0.3) is 0 Å². The predicted octanol–water partition coefficient (Wildman–Crippen LogP) is 0.238. The van der Waals surface area contributed by atoms with E-state index in [1.165, 1.54) is 0 Å². The van der Waals surface area contributed by atoms with Gasteiger partial charge in [0.15, 0.2) is 0 Å². The molecular formula is C9H15N3. The van der Waals surface area contributed by atoms with Crippen molar-refractivity contribution in [3.8, 4) is 0 Å². The third kappa shape index (κ3) is 0.862. The van der Waals surface area contributed by atoms with Crippen LogP contribution in [0.1, 0.15) is 6.92 Å². The average Bonchev–Trinajstić information content (AvgIpc) is 2.29. The zero-order chi connectivity index (χ0) is 8.60. The van der Waals surface area contributed by atoms with Crippen LogP contribution in [-0.2, 0) is 0 Å². The van der Waals surface area contributed by atoms with Crippen LogP contribution in [0.4, 0.5) is 0 Å². The molecule has 3 nitrogen and oxygen atoms in total. The molecule has 0 bridgehead atoms. The van der Waals surface area contributed by atoms with E-state index in [0.717, 1.165) is 25.5 Å². The van der Waals surface area contributed by atoms with Crippen LogP contribution in [0.2, 0.25) is 0 Å². The molecule has 0 radical (unpaired) electrons. The van der Waals surface area contributed by atoms with Crippen molar-refractivity contribution < 1.29 is 0 Å². The zero-order valence-corrected chi connectivity index (χ0v) is 7.43. The summed E-state index contributed by atoms with van der Waals surface area (Å²) in [4.78, 5) is 2.24. The molecule has 12 heavy (non-hydrogen) atoms. The monoisotopic (exact) mass is 165 g/mol. The molecule has 1 spiro atoms. The van der Waals surface area contributed by atoms with Gasteiger partial charge in [0.2, 0.25) is 0 Å². The van der Waals surface area contributed by atoms with E-state index in [2.05, 4.69) is 34.4 Å². The minimum absolute atomic E-state index is 0.281. The molecule has 2 heterocycles. The van der Waals surface area contributed by atoms with Gasteiger partial charge in [-0.2, -0.15) is 0 Å². The zero-order valence-electron chi connectivity index (χ0n) is 7.43. The normalized spacial score (nSPS) is 26.4. The third-order valence-corrected chi connectivity index (χ3v) is 2.63. The summed E-state index contributed by atoms with van der Waals surface area (Å²) in [6.45, 7) is 9.14. The average molecular weight is 165 g/mol. The van der Waals surface area contributed by atoms with Gasteiger partial charge in [-0.1, -0.05) is 12.7 Å². The van der Waals surface area contributed by atoms with Gasteiger partial charge in [0, 0.05) is 25.8 Å². The lowest BCUT2D eigenvalue weighted by Gasteiger charge is -2.44. The smallest absolute Gasteiger partial charge is 0.0986 e. The molecule has 66 valence electrons. The Morgan fingerprint density at radius 2 is 2.25 bits per heavy atom. The van der Waals surface area contributed by atoms with Crippen molar-refractivity contribution in [1.29, 1.82) is 0 Å². The maximum Gasteiger partial charge on any atom is 0.0986 e. The lowest BCUT2D eigenvalue weighted by molar-refractivity contribution is 0.155. The molecule has 3 heteroatoms. The van der Waals surface area contributed by atoms with E-state index in [-0.39, 0.29) is 5.54 Å². The van der Waals surface area contributed by atoms with Crippen molar-refractivity contribution in [1.82, 2.24) is 15.5 Å². The van der Waals surface area contributed by atoms with E-state index in [4.69, 9.17) is 0 Å². The predicted molar refractivity (Wildman–Crippen MR) is 49.4 cm³/mol. The van der Waals surface area contributed by atoms with E-state index >= 15 is 0 Å². The number of nitrogens with one attached hydrogen (secondary N) is 2. The van der Waals surface area contributed by atoms with Crippen molar-refractivity contribution in [2.24, 2.45) is 0 Å². The number of allylic oxidation sites excluding steroid dienone is 1. The Kier molecular flexibility index (Phi) is 1.61. The highest BCUT2D eigenvalue weighted by Gasteiger charge is 2.46. The molecule has 2 N–H and O–H groups in total. The first kappa shape index (κ1) is 7.68. The second-order valence-corrected chi connectivity index (χ2v) is 3.48. The van der Waals surface area contributed by atoms with Crippen molar-refractivity contribution in [3.05, 3.63) is 24.7 Å². The fourth-order valence-corrected chi connectivity index (χ4v) is 1.83. The summed E-state index contributed by atoms with van der Waals surface area (Å²) in [5, 5.41) is 6.58. The van der Waals surface area contributed by atoms with Crippen molar-refractivity contribution in [3.63, 3.8) is 0 Å². The van der Waals surface area contributed by atoms with Crippen LogP contribution in [0.5, 0.6) is 0 Å². The number of nitrogens with zero attached hydrogens (tertiary/aromatic N) is 1. The SMILES string of the molecule is C=C1NCC2(CNC2)N1/C=C\C. The Labute approximate surface area is 73.1 Å². The number of hydrogen-bond acceptors (Lipinski definition) is 3. The van der Waals surface area contributed by atoms with Crippen LogP contribution in [-0.4, -0.2) is 30.1 Å². The topological polar surface area (TPSA) is 27.3 Å². The lowest BCUT2D eigenvalue weighted by Crippen LogP contribution is -2.66. The van der Waals surface area contributed by atoms with Gasteiger partial charge < -0.3 is 15.5 Å². The molecule has 0 amide bonds. The highest BCUT2D eigenvalue weighted by Crippen LogP contribution is 2.28. The highest BCUT2D eigenvalue weighted by atomic mass is 15.4. The van der Waals surface area contributed by atoms with Crippen LogP contribution < -0.4 is 10.6 Å². The maximum absolute atomic E-state index is 3.97. The van der Waals surface area contributed by atoms with Gasteiger partial charge in [0.05, 0.1) is 11.4 Å². The number of rotatable bonds is 1. The van der Waals surface area contributed by atoms with Gasteiger partial charge in [-0.05, 0) is 6.92 Å². The molecule has 0 saturated carbocycles. The molecule has 0 aromatic carbocycles. The summed E-state index contributed by atoms with van der Waals surface area (Å²) >= 11 is 0. The van der Waals surface area contributed by atoms with Gasteiger partial charge in [-0.3, -0.25) is 0 Å². The van der Waals surface area contributed by atoms with E-state index in [1.807, 2.05) is 6.92 Å². The number of hydrogen-bond donors (Lipinski definition) is 2. The molecule has 2 fully saturated rings. The summed E-state index contributed by atoms with van der Waals surface area (Å²) in [7, 11) is 0. The molecule has 2 rings (SSSR count). The minimum atomic E-state index is 0.281. The largest absolute Gasteiger partial charge is 0.369 e. The van der Waals surface area contributed by atoms with Crippen LogP contribution in [0, 0.1) is 0 Å². The molecule has 0 unspecified atom stereocenters. The Morgan fingerprint density at radius 3 is 2.75 bits per heavy atom. The summed E-state index contributed by atoms with van der Waals surface area (Å²) in [5.41, 5.74) is 0.281. The Bertz CT molecular complexity index is 228. The first-order chi connectivity index (χ1) is 5.78. The highest BCUT2D eigenvalue weighted by molar-refractivity contribution is 5.20. The molecule has 0 aliphatic carbocycles. The second kappa shape index (κ2) is 2.52. The van der Waals surface area contributed by atoms with Crippen LogP contribution in [0.15, 0.2) is 24.7 Å². The maximum atomic E-state index is 3.97. The molecule has 0 atom stereocenters. The Hall–Kier alpha value is -0.960. The van der Waals surface area contributed by atoms with E-state index in [9.17, 15) is 0 Å². The summed E-state index contributed by atoms with van der Waals surface area (Å²) in [6.07, 6.45) is 4.15. The quantitative estimate of drug-likeness (QED) is 0.583. The minimum Gasteiger partial charge on any atom is -0.369 e. The molecule has 2 aliphatic rings. The van der Waals surface area contributed by atoms with Crippen LogP contribution >= 0.6 is 0 Å². The second-order valence-electron chi connectivity index (χ2n) is 3.48. The fourth-order valence-electron chi connectivity index (χ4n) is 1.83. The van der Waals surface area contributed by atoms with Gasteiger partial charge >= 0.3 is 0 Å². The first-order valence-corrected chi connectivity index (χ1v) is 4.34. The Balaban J connectivity index is 2.19. The molecule has 2 aliphatic heterocycles. The van der Waals surface area contributed by atoms with E-state index < -0.39 is 0 Å². The summed E-state index contributed by atoms with van der Waals surface area (Å²) in [6, 6.07) is 0. The standard InChI is InChI=1S/C9H15N3/c1-3-4-12-8(2)11-7-9(12)5-10-6-9/h3-4,10-11H,2,5-7H2,1H3/b4-3-. The van der Waals surface area contributed by atoms with Crippen LogP contribution in [0.3, 0.4) is 0 Å². The van der Waals surface area contributed by atoms with Crippen molar-refractivity contribution in [2.75, 3.05) is 19.6 Å². The van der Waals surface area contributed by atoms with Gasteiger partial charge in [0.1, 0.15) is 0 Å². The van der Waals surface area contributed by atoms with E-state index in [1.54, 1.807) is 0 Å². The Morgan fingerprint density at radius 1 is 1.50 bits per heavy atom. The van der Waals surface area contributed by atoms with Gasteiger partial charge in [-0.15, -0.1) is 0 Å². The third-order valence-electron chi connectivity index (χ3n) is 2.63. The molecule has 0 aromatic rings. The van der Waals surface area contributed by atoms with Crippen molar-refractivity contribution in [2.45, 2.75) is 12.5 Å². The summed E-state index contributed by atoms with van der Waals surface area (Å²) in [5.74, 6) is 1.02. The van der Waals surface area contributed by atoms with Crippen LogP contribution in [0.25, 0.3) is 0 Å². The fraction of sp³-hybridized carbons (Fsp3) is 0.556. The van der Waals surface area contributed by atoms with Crippen molar-refractivity contribution >= 4 is 0 Å². The molecule has 2 saturated heterocycles.